The molecule has 0 radical (unpaired) electrons. The van der Waals surface area contributed by atoms with Crippen molar-refractivity contribution in [3.63, 3.8) is 0 Å². The minimum atomic E-state index is -0.931. The van der Waals surface area contributed by atoms with Crippen molar-refractivity contribution in [2.24, 2.45) is 11.1 Å². The normalized spacial score (nSPS) is 21.8. The van der Waals surface area contributed by atoms with Gasteiger partial charge in [-0.3, -0.25) is 4.98 Å². The van der Waals surface area contributed by atoms with Crippen LogP contribution in [0.4, 0.5) is 20.2 Å². The van der Waals surface area contributed by atoms with Gasteiger partial charge in [0.05, 0.1) is 33.2 Å². The quantitative estimate of drug-likeness (QED) is 0.442. The Morgan fingerprint density at radius 3 is 2.79 bits per heavy atom. The van der Waals surface area contributed by atoms with Crippen LogP contribution in [0, 0.1) is 28.4 Å². The predicted molar refractivity (Wildman–Crippen MR) is 123 cm³/mol. The summed E-state index contributed by atoms with van der Waals surface area (Å²) in [5, 5.41) is 13.0. The molecule has 0 unspecified atom stereocenters. The van der Waals surface area contributed by atoms with Crippen molar-refractivity contribution in [1.82, 2.24) is 15.0 Å². The molecule has 6 rings (SSSR count). The van der Waals surface area contributed by atoms with Crippen LogP contribution in [0.1, 0.15) is 18.4 Å². The third-order valence-corrected chi connectivity index (χ3v) is 7.17. The number of hydrogen-bond acceptors (Lipinski definition) is 6. The predicted octanol–water partition coefficient (Wildman–Crippen LogP) is 3.90. The smallest absolute Gasteiger partial charge is 0.169 e. The second-order valence-electron chi connectivity index (χ2n) is 9.01. The average Bonchev–Trinajstić information content (AvgIpc) is 3.16. The molecule has 4 heterocycles. The lowest BCUT2D eigenvalue weighted by Crippen LogP contribution is -2.23. The Balaban J connectivity index is 1.69. The number of anilines is 2. The molecule has 2 fully saturated rings. The molecular formula is C24H21F2N7. The highest BCUT2D eigenvalue weighted by Crippen LogP contribution is 2.54. The van der Waals surface area contributed by atoms with Crippen LogP contribution in [0.2, 0.25) is 0 Å². The standard InChI is InChI=1S/C24H21F2N7/c1-29-16-5-15(25)20(26)18-19-22(33-3-2-24(11-33)6-17(24)28)14(10-31-23(19)32-21(16)18)13-4-12(7-27)8-30-9-13/h4-5,8-10,17,29H,2-3,6,11,28H2,1H3,(H,31,32)/t17-,24-/m1/s1. The molecule has 2 atom stereocenters. The van der Waals surface area contributed by atoms with E-state index < -0.39 is 11.6 Å². The molecule has 9 heteroatoms. The van der Waals surface area contributed by atoms with Gasteiger partial charge in [0.15, 0.2) is 11.6 Å². The van der Waals surface area contributed by atoms with Crippen LogP contribution in [-0.2, 0) is 0 Å². The number of H-pyrrole nitrogens is 1. The molecule has 4 N–H and O–H groups in total. The number of nitrogens with two attached hydrogens (primary N) is 1. The number of aromatic nitrogens is 3. The van der Waals surface area contributed by atoms with E-state index in [0.717, 1.165) is 37.7 Å². The van der Waals surface area contributed by atoms with E-state index >= 15 is 4.39 Å². The van der Waals surface area contributed by atoms with Crippen LogP contribution in [0.25, 0.3) is 33.1 Å². The summed E-state index contributed by atoms with van der Waals surface area (Å²) in [7, 11) is 1.66. The Bertz CT molecular complexity index is 1490. The van der Waals surface area contributed by atoms with E-state index in [4.69, 9.17) is 5.73 Å². The first-order chi connectivity index (χ1) is 16.0. The molecule has 1 aromatic carbocycles. The van der Waals surface area contributed by atoms with Crippen molar-refractivity contribution in [1.29, 1.82) is 5.26 Å². The Hall–Kier alpha value is -3.77. The first-order valence-corrected chi connectivity index (χ1v) is 10.8. The molecular weight excluding hydrogens is 424 g/mol. The summed E-state index contributed by atoms with van der Waals surface area (Å²) in [6.45, 7) is 1.47. The van der Waals surface area contributed by atoms with Gasteiger partial charge in [-0.05, 0) is 18.9 Å². The number of nitriles is 1. The van der Waals surface area contributed by atoms with Crippen molar-refractivity contribution < 1.29 is 8.78 Å². The second-order valence-corrected chi connectivity index (χ2v) is 9.01. The van der Waals surface area contributed by atoms with Crippen molar-refractivity contribution in [2.75, 3.05) is 30.4 Å². The number of rotatable bonds is 3. The summed E-state index contributed by atoms with van der Waals surface area (Å²) >= 11 is 0. The zero-order chi connectivity index (χ0) is 22.9. The van der Waals surface area contributed by atoms with Crippen molar-refractivity contribution in [3.8, 4) is 17.2 Å². The fourth-order valence-electron chi connectivity index (χ4n) is 5.26. The lowest BCUT2D eigenvalue weighted by atomic mass is 10.0. The number of pyridine rings is 2. The fourth-order valence-corrected chi connectivity index (χ4v) is 5.26. The topological polar surface area (TPSA) is 107 Å². The van der Waals surface area contributed by atoms with E-state index in [9.17, 15) is 9.65 Å². The minimum Gasteiger partial charge on any atom is -0.386 e. The van der Waals surface area contributed by atoms with E-state index in [1.807, 2.05) is 0 Å². The van der Waals surface area contributed by atoms with Gasteiger partial charge in [0.1, 0.15) is 11.7 Å². The minimum absolute atomic E-state index is 0.0612. The van der Waals surface area contributed by atoms with Crippen molar-refractivity contribution >= 4 is 33.3 Å². The van der Waals surface area contributed by atoms with E-state index in [1.54, 1.807) is 25.5 Å². The van der Waals surface area contributed by atoms with E-state index in [2.05, 4.69) is 31.2 Å². The van der Waals surface area contributed by atoms with E-state index in [0.29, 0.717) is 38.9 Å². The monoisotopic (exact) mass is 445 g/mol. The van der Waals surface area contributed by atoms with Crippen molar-refractivity contribution in [2.45, 2.75) is 18.9 Å². The summed E-state index contributed by atoms with van der Waals surface area (Å²) in [6, 6.07) is 5.14. The van der Waals surface area contributed by atoms with Crippen LogP contribution in [-0.4, -0.2) is 41.1 Å². The van der Waals surface area contributed by atoms with Crippen LogP contribution in [0.15, 0.2) is 30.7 Å². The third kappa shape index (κ3) is 2.80. The summed E-state index contributed by atoms with van der Waals surface area (Å²) in [5.74, 6) is -1.85. The molecule has 1 aliphatic carbocycles. The number of aromatic amines is 1. The number of fused-ring (bicyclic) bond motifs is 3. The summed E-state index contributed by atoms with van der Waals surface area (Å²) < 4.78 is 29.9. The lowest BCUT2D eigenvalue weighted by molar-refractivity contribution is 0.518. The zero-order valence-corrected chi connectivity index (χ0v) is 17.9. The molecule has 166 valence electrons. The molecule has 7 nitrogen and oxygen atoms in total. The van der Waals surface area contributed by atoms with Crippen LogP contribution < -0.4 is 16.0 Å². The second kappa shape index (κ2) is 6.86. The SMILES string of the molecule is CNc1cc(F)c(F)c2c1[nH]c1ncc(-c3cncc(C#N)c3)c(N3CC[C@@]4(C[C@H]4N)C3)c12. The van der Waals surface area contributed by atoms with Gasteiger partial charge in [0, 0.05) is 67.4 Å². The lowest BCUT2D eigenvalue weighted by Gasteiger charge is -2.23. The number of halogens is 2. The summed E-state index contributed by atoms with van der Waals surface area (Å²) in [6.07, 6.45) is 6.75. The number of hydrogen-bond donors (Lipinski definition) is 3. The largest absolute Gasteiger partial charge is 0.386 e. The highest BCUT2D eigenvalue weighted by molar-refractivity contribution is 6.18. The zero-order valence-electron chi connectivity index (χ0n) is 17.9. The molecule has 0 bridgehead atoms. The van der Waals surface area contributed by atoms with Crippen LogP contribution in [0.5, 0.6) is 0 Å². The van der Waals surface area contributed by atoms with Gasteiger partial charge < -0.3 is 20.9 Å². The van der Waals surface area contributed by atoms with Gasteiger partial charge in [-0.1, -0.05) is 0 Å². The number of nitrogens with zero attached hydrogens (tertiary/aromatic N) is 4. The number of benzene rings is 1. The number of nitrogens with one attached hydrogen (secondary N) is 2. The van der Waals surface area contributed by atoms with Gasteiger partial charge in [-0.25, -0.2) is 13.8 Å². The molecule has 3 aromatic heterocycles. The van der Waals surface area contributed by atoms with E-state index in [1.165, 1.54) is 6.20 Å². The summed E-state index contributed by atoms with van der Waals surface area (Å²) in [5.41, 5.74) is 10.3. The highest BCUT2D eigenvalue weighted by atomic mass is 19.2. The fraction of sp³-hybridized carbons (Fsp3) is 0.292. The third-order valence-electron chi connectivity index (χ3n) is 7.17. The Morgan fingerprint density at radius 2 is 2.09 bits per heavy atom. The average molecular weight is 445 g/mol. The molecule has 33 heavy (non-hydrogen) atoms. The van der Waals surface area contributed by atoms with Gasteiger partial charge >= 0.3 is 0 Å². The van der Waals surface area contributed by atoms with Crippen molar-refractivity contribution in [3.05, 3.63) is 47.9 Å². The van der Waals surface area contributed by atoms with Gasteiger partial charge in [-0.15, -0.1) is 0 Å². The van der Waals surface area contributed by atoms with E-state index in [-0.39, 0.29) is 16.8 Å². The van der Waals surface area contributed by atoms with Crippen LogP contribution in [0.3, 0.4) is 0 Å². The highest BCUT2D eigenvalue weighted by Gasteiger charge is 2.55. The van der Waals surface area contributed by atoms with Crippen LogP contribution >= 0.6 is 0 Å². The maximum Gasteiger partial charge on any atom is 0.169 e. The molecule has 4 aromatic rings. The molecule has 2 aliphatic rings. The van der Waals surface area contributed by atoms with Gasteiger partial charge in [0.2, 0.25) is 0 Å². The molecule has 1 saturated heterocycles. The molecule has 1 spiro atoms. The Labute approximate surface area is 188 Å². The Kier molecular flexibility index (Phi) is 4.13. The summed E-state index contributed by atoms with van der Waals surface area (Å²) in [4.78, 5) is 14.1. The molecule has 0 amide bonds. The molecule has 1 aliphatic heterocycles. The Morgan fingerprint density at radius 1 is 1.27 bits per heavy atom. The molecule has 1 saturated carbocycles. The maximum absolute atomic E-state index is 15.3. The van der Waals surface area contributed by atoms with Gasteiger partial charge in [-0.2, -0.15) is 5.26 Å². The first-order valence-electron chi connectivity index (χ1n) is 10.8. The maximum atomic E-state index is 15.3. The van der Waals surface area contributed by atoms with Gasteiger partial charge in [0.25, 0.3) is 0 Å². The first kappa shape index (κ1) is 19.9.